The lowest BCUT2D eigenvalue weighted by Crippen LogP contribution is -2.46. The standard InChI is InChI=1S/C23H36N4O2/c1-16(2)22(28)14-26-19(6)21(12-20-10-8-7-9-11-20)27-23(29)15-25-18(5)13-24-17(3)4/h7-11,16-17,21,24-26H,5-6,12-15H2,1-4H3,(H,27,29)/t21-/m0/s1. The first-order chi connectivity index (χ1) is 13.7. The Hall–Kier alpha value is -2.60. The molecule has 0 aliphatic rings. The van der Waals surface area contributed by atoms with Gasteiger partial charge in [-0.05, 0) is 12.0 Å². The fourth-order valence-electron chi connectivity index (χ4n) is 2.48. The number of carbonyl (C=O) groups excluding carboxylic acids is 2. The minimum atomic E-state index is -0.325. The van der Waals surface area contributed by atoms with Crippen LogP contribution in [-0.2, 0) is 16.0 Å². The van der Waals surface area contributed by atoms with Crippen molar-refractivity contribution < 1.29 is 9.59 Å². The highest BCUT2D eigenvalue weighted by molar-refractivity contribution is 5.82. The third kappa shape index (κ3) is 10.5. The van der Waals surface area contributed by atoms with E-state index in [1.165, 1.54) is 0 Å². The van der Waals surface area contributed by atoms with Crippen LogP contribution in [0.1, 0.15) is 33.3 Å². The van der Waals surface area contributed by atoms with E-state index in [-0.39, 0.29) is 36.7 Å². The van der Waals surface area contributed by atoms with Crippen LogP contribution < -0.4 is 21.3 Å². The molecule has 0 unspecified atom stereocenters. The van der Waals surface area contributed by atoms with Crippen LogP contribution in [0.4, 0.5) is 0 Å². The van der Waals surface area contributed by atoms with Crippen LogP contribution in [0.25, 0.3) is 0 Å². The Kier molecular flexibility index (Phi) is 10.8. The van der Waals surface area contributed by atoms with Gasteiger partial charge in [0, 0.05) is 29.9 Å². The highest BCUT2D eigenvalue weighted by Crippen LogP contribution is 2.08. The molecule has 1 aromatic rings. The van der Waals surface area contributed by atoms with Crippen molar-refractivity contribution in [3.63, 3.8) is 0 Å². The summed E-state index contributed by atoms with van der Waals surface area (Å²) in [6.07, 6.45) is 0.587. The lowest BCUT2D eigenvalue weighted by atomic mass is 10.0. The Balaban J connectivity index is 2.65. The Morgan fingerprint density at radius 3 is 2.17 bits per heavy atom. The first-order valence-electron chi connectivity index (χ1n) is 10.1. The van der Waals surface area contributed by atoms with Crippen LogP contribution in [0.2, 0.25) is 0 Å². The molecule has 1 rings (SSSR count). The van der Waals surface area contributed by atoms with Crippen LogP contribution in [-0.4, -0.2) is 43.4 Å². The third-order valence-corrected chi connectivity index (χ3v) is 4.39. The second-order valence-corrected chi connectivity index (χ2v) is 7.80. The number of amides is 1. The quantitative estimate of drug-likeness (QED) is 0.385. The fourth-order valence-corrected chi connectivity index (χ4v) is 2.48. The van der Waals surface area contributed by atoms with Crippen molar-refractivity contribution in [2.75, 3.05) is 19.6 Å². The monoisotopic (exact) mass is 400 g/mol. The van der Waals surface area contributed by atoms with Crippen LogP contribution in [0.15, 0.2) is 54.9 Å². The molecule has 0 spiro atoms. The normalized spacial score (nSPS) is 11.8. The number of ketones is 1. The SMILES string of the molecule is C=C(CNC(C)C)NCC(=O)N[C@@H](Cc1ccccc1)C(=C)NCC(=O)C(C)C. The highest BCUT2D eigenvalue weighted by Gasteiger charge is 2.18. The van der Waals surface area contributed by atoms with E-state index in [9.17, 15) is 9.59 Å². The smallest absolute Gasteiger partial charge is 0.239 e. The first-order valence-corrected chi connectivity index (χ1v) is 10.1. The summed E-state index contributed by atoms with van der Waals surface area (Å²) in [6.45, 7) is 16.7. The molecule has 0 aliphatic carbocycles. The summed E-state index contributed by atoms with van der Waals surface area (Å²) in [5, 5.41) is 12.4. The number of hydrogen-bond donors (Lipinski definition) is 4. The van der Waals surface area contributed by atoms with Gasteiger partial charge in [-0.2, -0.15) is 0 Å². The van der Waals surface area contributed by atoms with Crippen molar-refractivity contribution in [2.24, 2.45) is 5.92 Å². The zero-order chi connectivity index (χ0) is 21.8. The Labute approximate surface area is 175 Å². The molecule has 29 heavy (non-hydrogen) atoms. The molecule has 0 aliphatic heterocycles. The molecule has 0 aromatic heterocycles. The minimum absolute atomic E-state index is 0.0490. The molecule has 0 saturated heterocycles. The van der Waals surface area contributed by atoms with Crippen molar-refractivity contribution in [2.45, 2.75) is 46.2 Å². The van der Waals surface area contributed by atoms with Crippen molar-refractivity contribution in [1.82, 2.24) is 21.3 Å². The molecule has 1 atom stereocenters. The summed E-state index contributed by atoms with van der Waals surface area (Å²) in [5.41, 5.74) is 2.46. The molecule has 0 radical (unpaired) electrons. The van der Waals surface area contributed by atoms with Gasteiger partial charge in [-0.1, -0.05) is 71.2 Å². The van der Waals surface area contributed by atoms with Gasteiger partial charge >= 0.3 is 0 Å². The lowest BCUT2D eigenvalue weighted by molar-refractivity contribution is -0.121. The number of Topliss-reactive ketones (excluding diaryl/α,β-unsaturated/α-hetero) is 1. The van der Waals surface area contributed by atoms with Gasteiger partial charge in [-0.3, -0.25) is 9.59 Å². The largest absolute Gasteiger partial charge is 0.380 e. The Morgan fingerprint density at radius 1 is 0.931 bits per heavy atom. The maximum atomic E-state index is 12.5. The van der Waals surface area contributed by atoms with E-state index in [0.29, 0.717) is 24.7 Å². The van der Waals surface area contributed by atoms with Gasteiger partial charge in [-0.15, -0.1) is 0 Å². The summed E-state index contributed by atoms with van der Waals surface area (Å²) >= 11 is 0. The van der Waals surface area contributed by atoms with Crippen molar-refractivity contribution in [3.05, 3.63) is 60.4 Å². The number of benzene rings is 1. The highest BCUT2D eigenvalue weighted by atomic mass is 16.2. The second-order valence-electron chi connectivity index (χ2n) is 7.80. The number of rotatable bonds is 14. The van der Waals surface area contributed by atoms with Gasteiger partial charge in [0.2, 0.25) is 5.91 Å². The maximum Gasteiger partial charge on any atom is 0.239 e. The molecule has 1 amide bonds. The van der Waals surface area contributed by atoms with Crippen LogP contribution in [0, 0.1) is 5.92 Å². The molecule has 0 heterocycles. The predicted molar refractivity (Wildman–Crippen MR) is 119 cm³/mol. The van der Waals surface area contributed by atoms with Gasteiger partial charge in [0.1, 0.15) is 0 Å². The van der Waals surface area contributed by atoms with Crippen LogP contribution in [0.5, 0.6) is 0 Å². The zero-order valence-corrected chi connectivity index (χ0v) is 18.2. The molecule has 0 saturated carbocycles. The maximum absolute atomic E-state index is 12.5. The van der Waals surface area contributed by atoms with E-state index in [1.54, 1.807) is 0 Å². The Bertz CT molecular complexity index is 683. The molecular formula is C23H36N4O2. The van der Waals surface area contributed by atoms with Crippen molar-refractivity contribution in [3.8, 4) is 0 Å². The van der Waals surface area contributed by atoms with Gasteiger partial charge < -0.3 is 21.3 Å². The van der Waals surface area contributed by atoms with Gasteiger partial charge in [-0.25, -0.2) is 0 Å². The zero-order valence-electron chi connectivity index (χ0n) is 18.2. The van der Waals surface area contributed by atoms with Crippen molar-refractivity contribution in [1.29, 1.82) is 0 Å². The second kappa shape index (κ2) is 12.8. The number of hydrogen-bond acceptors (Lipinski definition) is 5. The molecule has 0 bridgehead atoms. The van der Waals surface area contributed by atoms with Crippen LogP contribution >= 0.6 is 0 Å². The Morgan fingerprint density at radius 2 is 1.59 bits per heavy atom. The molecule has 1 aromatic carbocycles. The molecule has 4 N–H and O–H groups in total. The van der Waals surface area contributed by atoms with Gasteiger partial charge in [0.25, 0.3) is 0 Å². The predicted octanol–water partition coefficient (Wildman–Crippen LogP) is 2.14. The van der Waals surface area contributed by atoms with Crippen molar-refractivity contribution >= 4 is 11.7 Å². The van der Waals surface area contributed by atoms with Gasteiger partial charge in [0.15, 0.2) is 5.78 Å². The van der Waals surface area contributed by atoms with Crippen LogP contribution in [0.3, 0.4) is 0 Å². The molecular weight excluding hydrogens is 364 g/mol. The molecule has 6 heteroatoms. The minimum Gasteiger partial charge on any atom is -0.380 e. The molecule has 6 nitrogen and oxygen atoms in total. The van der Waals surface area contributed by atoms with E-state index in [1.807, 2.05) is 44.2 Å². The van der Waals surface area contributed by atoms with E-state index in [2.05, 4.69) is 48.3 Å². The summed E-state index contributed by atoms with van der Waals surface area (Å²) in [7, 11) is 0. The van der Waals surface area contributed by atoms with Gasteiger partial charge in [0.05, 0.1) is 19.1 Å². The molecule has 160 valence electrons. The average Bonchev–Trinajstić information content (AvgIpc) is 2.68. The fraction of sp³-hybridized carbons (Fsp3) is 0.478. The summed E-state index contributed by atoms with van der Waals surface area (Å²) < 4.78 is 0. The summed E-state index contributed by atoms with van der Waals surface area (Å²) in [6, 6.07) is 9.90. The number of nitrogens with one attached hydrogen (secondary N) is 4. The van der Waals surface area contributed by atoms with E-state index in [0.717, 1.165) is 11.3 Å². The first kappa shape index (κ1) is 24.4. The van der Waals surface area contributed by atoms with E-state index in [4.69, 9.17) is 0 Å². The number of carbonyl (C=O) groups is 2. The summed E-state index contributed by atoms with van der Waals surface area (Å²) in [4.78, 5) is 24.4. The average molecular weight is 401 g/mol. The van der Waals surface area contributed by atoms with E-state index >= 15 is 0 Å². The summed E-state index contributed by atoms with van der Waals surface area (Å²) in [5.74, 6) is -0.103. The molecule has 0 fully saturated rings. The topological polar surface area (TPSA) is 82.3 Å². The lowest BCUT2D eigenvalue weighted by Gasteiger charge is -2.23. The third-order valence-electron chi connectivity index (χ3n) is 4.39. The van der Waals surface area contributed by atoms with E-state index < -0.39 is 0 Å².